The van der Waals surface area contributed by atoms with Crippen molar-refractivity contribution in [1.82, 2.24) is 0 Å². The zero-order valence-electron chi connectivity index (χ0n) is 8.05. The van der Waals surface area contributed by atoms with Gasteiger partial charge in [-0.3, -0.25) is 9.59 Å². The Bertz CT molecular complexity index is 146. The van der Waals surface area contributed by atoms with Crippen LogP contribution in [0.5, 0.6) is 0 Å². The summed E-state index contributed by atoms with van der Waals surface area (Å²) in [5.74, 6) is -0.212. The Morgan fingerprint density at radius 3 is 2.08 bits per heavy atom. The van der Waals surface area contributed by atoms with E-state index in [4.69, 9.17) is 5.73 Å². The SMILES string of the molecule is NC(=O)CCCCCCCC[C]=O. The molecule has 0 aliphatic rings. The summed E-state index contributed by atoms with van der Waals surface area (Å²) in [5, 5.41) is 0. The Balaban J connectivity index is 2.91. The summed E-state index contributed by atoms with van der Waals surface area (Å²) in [6, 6.07) is 0. The molecule has 75 valence electrons. The van der Waals surface area contributed by atoms with Gasteiger partial charge in [0.15, 0.2) is 6.29 Å². The van der Waals surface area contributed by atoms with Crippen LogP contribution >= 0.6 is 0 Å². The van der Waals surface area contributed by atoms with Crippen molar-refractivity contribution in [3.05, 3.63) is 0 Å². The van der Waals surface area contributed by atoms with Gasteiger partial charge in [-0.05, 0) is 12.8 Å². The maximum atomic E-state index is 10.4. The maximum absolute atomic E-state index is 10.4. The molecule has 0 saturated carbocycles. The number of nitrogens with two attached hydrogens (primary N) is 1. The lowest BCUT2D eigenvalue weighted by Crippen LogP contribution is -2.09. The minimum atomic E-state index is -0.212. The van der Waals surface area contributed by atoms with Crippen molar-refractivity contribution in [2.24, 2.45) is 5.73 Å². The van der Waals surface area contributed by atoms with Crippen LogP contribution in [0.2, 0.25) is 0 Å². The molecule has 0 heterocycles. The molecule has 1 radical (unpaired) electrons. The van der Waals surface area contributed by atoms with Crippen LogP contribution in [0.1, 0.15) is 51.4 Å². The van der Waals surface area contributed by atoms with E-state index in [1.807, 2.05) is 6.29 Å². The van der Waals surface area contributed by atoms with Crippen LogP contribution in [0.3, 0.4) is 0 Å². The lowest BCUT2D eigenvalue weighted by molar-refractivity contribution is -0.118. The third-order valence-corrected chi connectivity index (χ3v) is 1.95. The summed E-state index contributed by atoms with van der Waals surface area (Å²) < 4.78 is 0. The first-order valence-electron chi connectivity index (χ1n) is 4.90. The van der Waals surface area contributed by atoms with Crippen LogP contribution < -0.4 is 5.73 Å². The van der Waals surface area contributed by atoms with Crippen molar-refractivity contribution in [3.63, 3.8) is 0 Å². The maximum Gasteiger partial charge on any atom is 0.217 e. The normalized spacial score (nSPS) is 9.85. The minimum absolute atomic E-state index is 0.212. The Kier molecular flexibility index (Phi) is 8.62. The third kappa shape index (κ3) is 11.1. The van der Waals surface area contributed by atoms with Gasteiger partial charge in [-0.15, -0.1) is 0 Å². The third-order valence-electron chi connectivity index (χ3n) is 1.95. The van der Waals surface area contributed by atoms with Crippen LogP contribution in [-0.4, -0.2) is 12.2 Å². The predicted molar refractivity (Wildman–Crippen MR) is 51.8 cm³/mol. The topological polar surface area (TPSA) is 60.2 Å². The van der Waals surface area contributed by atoms with Gasteiger partial charge < -0.3 is 5.73 Å². The molecule has 0 fully saturated rings. The van der Waals surface area contributed by atoms with Gasteiger partial charge in [0, 0.05) is 12.8 Å². The molecule has 13 heavy (non-hydrogen) atoms. The Morgan fingerprint density at radius 1 is 1.00 bits per heavy atom. The predicted octanol–water partition coefficient (Wildman–Crippen LogP) is 1.70. The van der Waals surface area contributed by atoms with E-state index in [0.717, 1.165) is 38.5 Å². The smallest absolute Gasteiger partial charge is 0.217 e. The Hall–Kier alpha value is -0.860. The van der Waals surface area contributed by atoms with Gasteiger partial charge in [0.2, 0.25) is 5.91 Å². The molecule has 3 heteroatoms. The fourth-order valence-electron chi connectivity index (χ4n) is 1.20. The summed E-state index contributed by atoms with van der Waals surface area (Å²) in [6.07, 6.45) is 9.20. The molecular formula is C10H18NO2. The second-order valence-electron chi connectivity index (χ2n) is 3.23. The summed E-state index contributed by atoms with van der Waals surface area (Å²) in [7, 11) is 0. The standard InChI is InChI=1S/C10H18NO2/c11-10(13)8-6-4-2-1-3-5-7-9-12/h1-8H2,(H2,11,13). The second kappa shape index (κ2) is 9.23. The molecule has 2 N–H and O–H groups in total. The summed E-state index contributed by atoms with van der Waals surface area (Å²) >= 11 is 0. The number of unbranched alkanes of at least 4 members (excludes halogenated alkanes) is 6. The largest absolute Gasteiger partial charge is 0.370 e. The lowest BCUT2D eigenvalue weighted by atomic mass is 10.1. The van der Waals surface area contributed by atoms with E-state index < -0.39 is 0 Å². The molecule has 0 aromatic rings. The highest BCUT2D eigenvalue weighted by molar-refractivity contribution is 5.73. The van der Waals surface area contributed by atoms with Crippen molar-refractivity contribution in [2.45, 2.75) is 51.4 Å². The number of rotatable bonds is 9. The van der Waals surface area contributed by atoms with Gasteiger partial charge in [-0.25, -0.2) is 0 Å². The van der Waals surface area contributed by atoms with Gasteiger partial charge in [-0.1, -0.05) is 25.7 Å². The molecule has 0 bridgehead atoms. The van der Waals surface area contributed by atoms with Gasteiger partial charge >= 0.3 is 0 Å². The summed E-state index contributed by atoms with van der Waals surface area (Å²) in [6.45, 7) is 0. The van der Waals surface area contributed by atoms with Crippen molar-refractivity contribution in [2.75, 3.05) is 0 Å². The quantitative estimate of drug-likeness (QED) is 0.554. The molecule has 0 saturated heterocycles. The Labute approximate surface area is 79.7 Å². The van der Waals surface area contributed by atoms with E-state index in [2.05, 4.69) is 0 Å². The second-order valence-corrected chi connectivity index (χ2v) is 3.23. The number of primary amides is 1. The van der Waals surface area contributed by atoms with Crippen LogP contribution in [-0.2, 0) is 9.59 Å². The number of amides is 1. The van der Waals surface area contributed by atoms with Crippen LogP contribution in [0.15, 0.2) is 0 Å². The summed E-state index contributed by atoms with van der Waals surface area (Å²) in [5.41, 5.74) is 4.99. The monoisotopic (exact) mass is 184 g/mol. The van der Waals surface area contributed by atoms with E-state index in [1.165, 1.54) is 0 Å². The highest BCUT2D eigenvalue weighted by atomic mass is 16.1. The fourth-order valence-corrected chi connectivity index (χ4v) is 1.20. The first-order valence-corrected chi connectivity index (χ1v) is 4.90. The van der Waals surface area contributed by atoms with Crippen LogP contribution in [0.4, 0.5) is 0 Å². The molecule has 0 aromatic heterocycles. The highest BCUT2D eigenvalue weighted by Gasteiger charge is 1.94. The first kappa shape index (κ1) is 12.1. The molecule has 0 atom stereocenters. The molecule has 3 nitrogen and oxygen atoms in total. The highest BCUT2D eigenvalue weighted by Crippen LogP contribution is 2.07. The zero-order chi connectivity index (χ0) is 9.94. The van der Waals surface area contributed by atoms with Crippen molar-refractivity contribution in [3.8, 4) is 0 Å². The molecule has 0 aliphatic heterocycles. The average Bonchev–Trinajstić information content (AvgIpc) is 2.09. The van der Waals surface area contributed by atoms with E-state index >= 15 is 0 Å². The molecule has 0 spiro atoms. The van der Waals surface area contributed by atoms with Gasteiger partial charge in [0.25, 0.3) is 0 Å². The summed E-state index contributed by atoms with van der Waals surface area (Å²) in [4.78, 5) is 20.2. The minimum Gasteiger partial charge on any atom is -0.370 e. The van der Waals surface area contributed by atoms with E-state index in [0.29, 0.717) is 12.8 Å². The fraction of sp³-hybridized carbons (Fsp3) is 0.800. The molecule has 0 aliphatic carbocycles. The number of hydrogen-bond donors (Lipinski definition) is 1. The molecule has 0 aromatic carbocycles. The van der Waals surface area contributed by atoms with Crippen molar-refractivity contribution >= 4 is 12.2 Å². The van der Waals surface area contributed by atoms with E-state index in [-0.39, 0.29) is 5.91 Å². The molecule has 0 rings (SSSR count). The van der Waals surface area contributed by atoms with Crippen LogP contribution in [0, 0.1) is 0 Å². The zero-order valence-corrected chi connectivity index (χ0v) is 8.05. The average molecular weight is 184 g/mol. The number of carbonyl (C=O) groups is 1. The van der Waals surface area contributed by atoms with Crippen molar-refractivity contribution in [1.29, 1.82) is 0 Å². The molecule has 1 amide bonds. The van der Waals surface area contributed by atoms with Gasteiger partial charge in [-0.2, -0.15) is 0 Å². The van der Waals surface area contributed by atoms with Gasteiger partial charge in [0.05, 0.1) is 0 Å². The first-order chi connectivity index (χ1) is 6.27. The lowest BCUT2D eigenvalue weighted by Gasteiger charge is -1.98. The van der Waals surface area contributed by atoms with E-state index in [9.17, 15) is 9.59 Å². The van der Waals surface area contributed by atoms with E-state index in [1.54, 1.807) is 0 Å². The van der Waals surface area contributed by atoms with Crippen LogP contribution in [0.25, 0.3) is 0 Å². The molecular weight excluding hydrogens is 166 g/mol. The van der Waals surface area contributed by atoms with Crippen molar-refractivity contribution < 1.29 is 9.59 Å². The molecule has 0 unspecified atom stereocenters. The Morgan fingerprint density at radius 2 is 1.54 bits per heavy atom. The van der Waals surface area contributed by atoms with Gasteiger partial charge in [0.1, 0.15) is 0 Å². The number of carbonyl (C=O) groups excluding carboxylic acids is 2. The number of hydrogen-bond acceptors (Lipinski definition) is 2.